The highest BCUT2D eigenvalue weighted by Gasteiger charge is 2.19. The lowest BCUT2D eigenvalue weighted by molar-refractivity contribution is -0.146. The average molecular weight is 299 g/mol. The van der Waals surface area contributed by atoms with Gasteiger partial charge in [0.2, 0.25) is 5.91 Å². The molecule has 0 aromatic heterocycles. The number of ether oxygens (including phenoxy) is 1. The molecule has 1 aromatic carbocycles. The molecule has 108 valence electrons. The molecule has 0 heterocycles. The minimum atomic E-state index is -0.876. The minimum Gasteiger partial charge on any atom is -0.456 e. The van der Waals surface area contributed by atoms with E-state index in [2.05, 4.69) is 10.1 Å². The summed E-state index contributed by atoms with van der Waals surface area (Å²) in [5.41, 5.74) is 6.03. The highest BCUT2D eigenvalue weighted by Crippen LogP contribution is 2.11. The molecule has 0 radical (unpaired) electrons. The number of primary amides is 1. The van der Waals surface area contributed by atoms with E-state index < -0.39 is 30.4 Å². The van der Waals surface area contributed by atoms with Crippen LogP contribution in [-0.4, -0.2) is 30.4 Å². The van der Waals surface area contributed by atoms with Crippen LogP contribution >= 0.6 is 11.6 Å². The molecule has 6 nitrogen and oxygen atoms in total. The van der Waals surface area contributed by atoms with E-state index in [4.69, 9.17) is 17.3 Å². The largest absolute Gasteiger partial charge is 0.456 e. The molecule has 0 aliphatic heterocycles. The van der Waals surface area contributed by atoms with Crippen molar-refractivity contribution < 1.29 is 19.1 Å². The summed E-state index contributed by atoms with van der Waals surface area (Å²) in [6.07, 6.45) is 0.234. The van der Waals surface area contributed by atoms with Crippen LogP contribution in [0.2, 0.25) is 5.02 Å². The maximum atomic E-state index is 11.5. The number of esters is 1. The van der Waals surface area contributed by atoms with E-state index in [9.17, 15) is 14.4 Å². The van der Waals surface area contributed by atoms with Crippen LogP contribution in [0.1, 0.15) is 12.5 Å². The van der Waals surface area contributed by atoms with E-state index in [0.29, 0.717) is 5.02 Å². The standard InChI is InChI=1S/C13H15ClN2O4/c1-8(17)20-7-12(18)16-11(13(15)19)6-9-2-4-10(14)5-3-9/h2-5,11H,6-7H2,1H3,(H2,15,19)(H,16,18)/t11-/m0/s1. The van der Waals surface area contributed by atoms with E-state index in [0.717, 1.165) is 5.56 Å². The maximum absolute atomic E-state index is 11.5. The number of carbonyl (C=O) groups excluding carboxylic acids is 3. The Balaban J connectivity index is 2.60. The van der Waals surface area contributed by atoms with Gasteiger partial charge in [-0.1, -0.05) is 23.7 Å². The van der Waals surface area contributed by atoms with Crippen LogP contribution in [0, 0.1) is 0 Å². The first kappa shape index (κ1) is 16.0. The highest BCUT2D eigenvalue weighted by molar-refractivity contribution is 6.30. The number of rotatable bonds is 6. The highest BCUT2D eigenvalue weighted by atomic mass is 35.5. The summed E-state index contributed by atoms with van der Waals surface area (Å²) < 4.78 is 4.53. The fourth-order valence-electron chi connectivity index (χ4n) is 1.48. The second-order valence-electron chi connectivity index (χ2n) is 4.13. The van der Waals surface area contributed by atoms with Gasteiger partial charge in [0.15, 0.2) is 6.61 Å². The van der Waals surface area contributed by atoms with Gasteiger partial charge in [0.25, 0.3) is 5.91 Å². The Morgan fingerprint density at radius 1 is 1.30 bits per heavy atom. The topological polar surface area (TPSA) is 98.5 Å². The fourth-order valence-corrected chi connectivity index (χ4v) is 1.61. The first-order valence-corrected chi connectivity index (χ1v) is 6.22. The van der Waals surface area contributed by atoms with Gasteiger partial charge in [-0.05, 0) is 17.7 Å². The van der Waals surface area contributed by atoms with Gasteiger partial charge in [0.05, 0.1) is 0 Å². The van der Waals surface area contributed by atoms with Gasteiger partial charge in [0, 0.05) is 18.4 Å². The lowest BCUT2D eigenvalue weighted by atomic mass is 10.1. The van der Waals surface area contributed by atoms with Gasteiger partial charge < -0.3 is 15.8 Å². The molecule has 0 saturated carbocycles. The summed E-state index contributed by atoms with van der Waals surface area (Å²) >= 11 is 5.76. The van der Waals surface area contributed by atoms with Crippen LogP contribution in [-0.2, 0) is 25.5 Å². The predicted molar refractivity (Wildman–Crippen MR) is 72.9 cm³/mol. The molecule has 3 N–H and O–H groups in total. The molecule has 1 rings (SSSR count). The van der Waals surface area contributed by atoms with Crippen LogP contribution in [0.3, 0.4) is 0 Å². The zero-order valence-electron chi connectivity index (χ0n) is 10.9. The first-order valence-electron chi connectivity index (χ1n) is 5.85. The zero-order chi connectivity index (χ0) is 15.1. The van der Waals surface area contributed by atoms with E-state index in [1.807, 2.05) is 0 Å². The Morgan fingerprint density at radius 3 is 2.40 bits per heavy atom. The Hall–Kier alpha value is -2.08. The van der Waals surface area contributed by atoms with E-state index in [1.54, 1.807) is 24.3 Å². The third-order valence-corrected chi connectivity index (χ3v) is 2.69. The van der Waals surface area contributed by atoms with E-state index >= 15 is 0 Å². The number of hydrogen-bond donors (Lipinski definition) is 2. The normalized spacial score (nSPS) is 11.5. The van der Waals surface area contributed by atoms with Crippen LogP contribution in [0.4, 0.5) is 0 Å². The number of carbonyl (C=O) groups is 3. The SMILES string of the molecule is CC(=O)OCC(=O)N[C@@H](Cc1ccc(Cl)cc1)C(N)=O. The van der Waals surface area contributed by atoms with Crippen molar-refractivity contribution in [3.63, 3.8) is 0 Å². The molecule has 1 atom stereocenters. The molecule has 0 spiro atoms. The van der Waals surface area contributed by atoms with Gasteiger partial charge in [0.1, 0.15) is 6.04 Å². The molecule has 20 heavy (non-hydrogen) atoms. The fraction of sp³-hybridized carbons (Fsp3) is 0.308. The summed E-state index contributed by atoms with van der Waals surface area (Å²) in [5.74, 6) is -1.83. The first-order chi connectivity index (χ1) is 9.38. The van der Waals surface area contributed by atoms with Crippen LogP contribution in [0.25, 0.3) is 0 Å². The Bertz CT molecular complexity index is 502. The molecule has 7 heteroatoms. The quantitative estimate of drug-likeness (QED) is 0.743. The smallest absolute Gasteiger partial charge is 0.303 e. The number of hydrogen-bond acceptors (Lipinski definition) is 4. The lowest BCUT2D eigenvalue weighted by Gasteiger charge is -2.15. The van der Waals surface area contributed by atoms with E-state index in [1.165, 1.54) is 6.92 Å². The molecular formula is C13H15ClN2O4. The molecular weight excluding hydrogens is 284 g/mol. The van der Waals surface area contributed by atoms with Crippen molar-refractivity contribution in [1.82, 2.24) is 5.32 Å². The predicted octanol–water partition coefficient (Wildman–Crippen LogP) is 0.416. The Labute approximate surface area is 121 Å². The van der Waals surface area contributed by atoms with Crippen LogP contribution in [0.15, 0.2) is 24.3 Å². The minimum absolute atomic E-state index is 0.234. The van der Waals surface area contributed by atoms with Crippen molar-refractivity contribution in [1.29, 1.82) is 0 Å². The van der Waals surface area contributed by atoms with Crippen molar-refractivity contribution in [2.75, 3.05) is 6.61 Å². The molecule has 2 amide bonds. The summed E-state index contributed by atoms with van der Waals surface area (Å²) in [6, 6.07) is 5.94. The van der Waals surface area contributed by atoms with Crippen molar-refractivity contribution in [3.05, 3.63) is 34.9 Å². The average Bonchev–Trinajstić information content (AvgIpc) is 2.38. The summed E-state index contributed by atoms with van der Waals surface area (Å²) in [4.78, 5) is 33.4. The molecule has 0 unspecified atom stereocenters. The number of nitrogens with two attached hydrogens (primary N) is 1. The Morgan fingerprint density at radius 2 is 1.90 bits per heavy atom. The molecule has 0 aliphatic carbocycles. The Kier molecular flexibility index (Phi) is 5.99. The molecule has 0 aliphatic rings. The van der Waals surface area contributed by atoms with Gasteiger partial charge in [-0.3, -0.25) is 14.4 Å². The second-order valence-corrected chi connectivity index (χ2v) is 4.57. The van der Waals surface area contributed by atoms with Gasteiger partial charge >= 0.3 is 5.97 Å². The van der Waals surface area contributed by atoms with E-state index in [-0.39, 0.29) is 6.42 Å². The van der Waals surface area contributed by atoms with Crippen molar-refractivity contribution >= 4 is 29.4 Å². The third-order valence-electron chi connectivity index (χ3n) is 2.44. The molecule has 0 saturated heterocycles. The van der Waals surface area contributed by atoms with Crippen LogP contribution in [0.5, 0.6) is 0 Å². The molecule has 0 fully saturated rings. The third kappa shape index (κ3) is 5.71. The number of benzene rings is 1. The monoisotopic (exact) mass is 298 g/mol. The number of nitrogens with one attached hydrogen (secondary N) is 1. The lowest BCUT2D eigenvalue weighted by Crippen LogP contribution is -2.47. The summed E-state index contributed by atoms with van der Waals surface area (Å²) in [7, 11) is 0. The number of amides is 2. The maximum Gasteiger partial charge on any atom is 0.303 e. The van der Waals surface area contributed by atoms with Crippen molar-refractivity contribution in [3.8, 4) is 0 Å². The summed E-state index contributed by atoms with van der Waals surface area (Å²) in [5, 5.41) is 2.98. The molecule has 1 aromatic rings. The van der Waals surface area contributed by atoms with Crippen molar-refractivity contribution in [2.24, 2.45) is 5.73 Å². The summed E-state index contributed by atoms with van der Waals surface area (Å²) in [6.45, 7) is 0.742. The van der Waals surface area contributed by atoms with Crippen molar-refractivity contribution in [2.45, 2.75) is 19.4 Å². The molecule has 0 bridgehead atoms. The van der Waals surface area contributed by atoms with Gasteiger partial charge in [-0.15, -0.1) is 0 Å². The second kappa shape index (κ2) is 7.49. The number of halogens is 1. The van der Waals surface area contributed by atoms with Gasteiger partial charge in [-0.25, -0.2) is 0 Å². The van der Waals surface area contributed by atoms with Crippen LogP contribution < -0.4 is 11.1 Å². The zero-order valence-corrected chi connectivity index (χ0v) is 11.6. The van der Waals surface area contributed by atoms with Gasteiger partial charge in [-0.2, -0.15) is 0 Å².